The monoisotopic (exact) mass is 198 g/mol. The molecule has 1 heterocycles. The second kappa shape index (κ2) is 3.33. The molecule has 2 fully saturated rings. The van der Waals surface area contributed by atoms with Crippen LogP contribution in [0.3, 0.4) is 0 Å². The van der Waals surface area contributed by atoms with Crippen LogP contribution in [0.4, 0.5) is 0 Å². The Balaban J connectivity index is 1.93. The first kappa shape index (κ1) is 9.06. The van der Waals surface area contributed by atoms with Gasteiger partial charge in [0.05, 0.1) is 4.75 Å². The Morgan fingerprint density at radius 1 is 1.62 bits per heavy atom. The van der Waals surface area contributed by atoms with Gasteiger partial charge in [0.2, 0.25) is 5.91 Å². The van der Waals surface area contributed by atoms with Crippen LogP contribution in [-0.2, 0) is 4.79 Å². The third-order valence-corrected chi connectivity index (χ3v) is 3.96. The highest BCUT2D eigenvalue weighted by Crippen LogP contribution is 2.45. The van der Waals surface area contributed by atoms with Gasteiger partial charge in [0, 0.05) is 19.2 Å². The van der Waals surface area contributed by atoms with Crippen molar-refractivity contribution in [3.8, 4) is 0 Å². The molecule has 0 bridgehead atoms. The van der Waals surface area contributed by atoms with Crippen molar-refractivity contribution >= 4 is 23.9 Å². The molecule has 0 aromatic rings. The number of nitrogens with zero attached hydrogens (tertiary/aromatic N) is 2. The number of carbonyl (C=O) groups is 1. The molecule has 0 aromatic carbocycles. The number of amides is 1. The minimum absolute atomic E-state index is 0.174. The number of hydrazone groups is 1. The first-order valence-corrected chi connectivity index (χ1v) is 5.89. The lowest BCUT2D eigenvalue weighted by Crippen LogP contribution is -2.19. The zero-order valence-corrected chi connectivity index (χ0v) is 8.64. The minimum Gasteiger partial charge on any atom is -0.273 e. The molecule has 0 N–H and O–H groups in total. The molecular formula is C9H14N2OS. The molecule has 0 aromatic heterocycles. The Morgan fingerprint density at radius 2 is 2.38 bits per heavy atom. The van der Waals surface area contributed by atoms with Gasteiger partial charge in [-0.3, -0.25) is 4.79 Å². The summed E-state index contributed by atoms with van der Waals surface area (Å²) in [7, 11) is 0. The van der Waals surface area contributed by atoms with E-state index in [1.807, 2.05) is 18.0 Å². The number of hydrogen-bond donors (Lipinski definition) is 0. The molecule has 2 aliphatic rings. The summed E-state index contributed by atoms with van der Waals surface area (Å²) in [5.41, 5.74) is 0. The van der Waals surface area contributed by atoms with Gasteiger partial charge < -0.3 is 0 Å². The van der Waals surface area contributed by atoms with E-state index in [4.69, 9.17) is 0 Å². The maximum atomic E-state index is 11.2. The average Bonchev–Trinajstić information content (AvgIpc) is 2.82. The van der Waals surface area contributed by atoms with Crippen LogP contribution in [0.2, 0.25) is 0 Å². The standard InChI is InChI=1S/C9H14N2OS/c1-13-9(4-5-9)7-10-11-6-2-3-8(11)12/h7H,2-6H2,1H3/b10-7+. The maximum absolute atomic E-state index is 11.2. The topological polar surface area (TPSA) is 32.7 Å². The van der Waals surface area contributed by atoms with Crippen LogP contribution in [0.1, 0.15) is 25.7 Å². The Bertz CT molecular complexity index is 248. The van der Waals surface area contributed by atoms with E-state index in [0.29, 0.717) is 6.42 Å². The fourth-order valence-corrected chi connectivity index (χ4v) is 2.10. The van der Waals surface area contributed by atoms with Gasteiger partial charge in [-0.15, -0.1) is 0 Å². The highest BCUT2D eigenvalue weighted by Gasteiger charge is 2.40. The van der Waals surface area contributed by atoms with E-state index < -0.39 is 0 Å². The van der Waals surface area contributed by atoms with E-state index in [1.54, 1.807) is 5.01 Å². The number of carbonyl (C=O) groups excluding carboxylic acids is 1. The largest absolute Gasteiger partial charge is 0.273 e. The van der Waals surface area contributed by atoms with Crippen LogP contribution in [0.5, 0.6) is 0 Å². The van der Waals surface area contributed by atoms with Crippen LogP contribution in [0, 0.1) is 0 Å². The predicted octanol–water partition coefficient (Wildman–Crippen LogP) is 1.49. The average molecular weight is 198 g/mol. The molecular weight excluding hydrogens is 184 g/mol. The molecule has 0 atom stereocenters. The van der Waals surface area contributed by atoms with E-state index in [0.717, 1.165) is 13.0 Å². The highest BCUT2D eigenvalue weighted by molar-refractivity contribution is 8.00. The van der Waals surface area contributed by atoms with Crippen LogP contribution < -0.4 is 0 Å². The fraction of sp³-hybridized carbons (Fsp3) is 0.778. The highest BCUT2D eigenvalue weighted by atomic mass is 32.2. The van der Waals surface area contributed by atoms with Crippen molar-refractivity contribution in [1.82, 2.24) is 5.01 Å². The van der Waals surface area contributed by atoms with Crippen LogP contribution in [0.25, 0.3) is 0 Å². The third-order valence-electron chi connectivity index (χ3n) is 2.63. The molecule has 1 amide bonds. The van der Waals surface area contributed by atoms with Crippen molar-refractivity contribution in [2.24, 2.45) is 5.10 Å². The normalized spacial score (nSPS) is 25.9. The molecule has 13 heavy (non-hydrogen) atoms. The molecule has 3 nitrogen and oxygen atoms in total. The smallest absolute Gasteiger partial charge is 0.242 e. The van der Waals surface area contributed by atoms with E-state index in [2.05, 4.69) is 11.4 Å². The summed E-state index contributed by atoms with van der Waals surface area (Å²) in [6.07, 6.45) is 8.11. The molecule has 1 aliphatic carbocycles. The van der Waals surface area contributed by atoms with Gasteiger partial charge in [-0.1, -0.05) is 0 Å². The Kier molecular flexibility index (Phi) is 2.32. The van der Waals surface area contributed by atoms with Crippen molar-refractivity contribution < 1.29 is 4.79 Å². The maximum Gasteiger partial charge on any atom is 0.242 e. The van der Waals surface area contributed by atoms with E-state index in [9.17, 15) is 4.79 Å². The molecule has 1 saturated carbocycles. The zero-order valence-electron chi connectivity index (χ0n) is 7.82. The number of hydrogen-bond acceptors (Lipinski definition) is 3. The molecule has 72 valence electrons. The van der Waals surface area contributed by atoms with Gasteiger partial charge in [0.1, 0.15) is 0 Å². The van der Waals surface area contributed by atoms with Crippen LogP contribution in [0.15, 0.2) is 5.10 Å². The number of rotatable bonds is 3. The quantitative estimate of drug-likeness (QED) is 0.644. The molecule has 1 aliphatic heterocycles. The molecule has 2 rings (SSSR count). The molecule has 0 unspecified atom stereocenters. The third kappa shape index (κ3) is 1.88. The van der Waals surface area contributed by atoms with Gasteiger partial charge in [0.25, 0.3) is 0 Å². The van der Waals surface area contributed by atoms with Gasteiger partial charge in [-0.25, -0.2) is 5.01 Å². The second-order valence-electron chi connectivity index (χ2n) is 3.63. The lowest BCUT2D eigenvalue weighted by Gasteiger charge is -2.09. The van der Waals surface area contributed by atoms with Gasteiger partial charge >= 0.3 is 0 Å². The minimum atomic E-state index is 0.174. The van der Waals surface area contributed by atoms with E-state index in [-0.39, 0.29) is 10.7 Å². The summed E-state index contributed by atoms with van der Waals surface area (Å²) in [4.78, 5) is 11.2. The molecule has 4 heteroatoms. The van der Waals surface area contributed by atoms with E-state index in [1.165, 1.54) is 12.8 Å². The van der Waals surface area contributed by atoms with Crippen LogP contribution in [-0.4, -0.2) is 34.7 Å². The van der Waals surface area contributed by atoms with Crippen molar-refractivity contribution in [3.63, 3.8) is 0 Å². The zero-order chi connectivity index (χ0) is 9.31. The summed E-state index contributed by atoms with van der Waals surface area (Å²) >= 11 is 1.84. The first-order valence-electron chi connectivity index (χ1n) is 4.66. The Morgan fingerprint density at radius 3 is 2.85 bits per heavy atom. The second-order valence-corrected chi connectivity index (χ2v) is 4.86. The summed E-state index contributed by atoms with van der Waals surface area (Å²) in [6, 6.07) is 0. The molecule has 1 saturated heterocycles. The SMILES string of the molecule is CSC1(/C=N/N2CCCC2=O)CC1. The summed E-state index contributed by atoms with van der Waals surface area (Å²) in [5, 5.41) is 5.85. The van der Waals surface area contributed by atoms with Crippen molar-refractivity contribution in [2.45, 2.75) is 30.4 Å². The van der Waals surface area contributed by atoms with Gasteiger partial charge in [-0.2, -0.15) is 16.9 Å². The molecule has 0 spiro atoms. The Labute approximate surface area is 82.6 Å². The molecule has 0 radical (unpaired) electrons. The Hall–Kier alpha value is -0.510. The van der Waals surface area contributed by atoms with Crippen molar-refractivity contribution in [1.29, 1.82) is 0 Å². The van der Waals surface area contributed by atoms with Gasteiger partial charge in [-0.05, 0) is 25.5 Å². The summed E-state index contributed by atoms with van der Waals surface area (Å²) in [6.45, 7) is 0.805. The van der Waals surface area contributed by atoms with Crippen molar-refractivity contribution in [3.05, 3.63) is 0 Å². The van der Waals surface area contributed by atoms with Crippen molar-refractivity contribution in [2.75, 3.05) is 12.8 Å². The fourth-order valence-electron chi connectivity index (χ4n) is 1.44. The predicted molar refractivity (Wildman–Crippen MR) is 54.9 cm³/mol. The lowest BCUT2D eigenvalue weighted by molar-refractivity contribution is -0.127. The van der Waals surface area contributed by atoms with E-state index >= 15 is 0 Å². The lowest BCUT2D eigenvalue weighted by atomic mass is 10.4. The number of thioether (sulfide) groups is 1. The van der Waals surface area contributed by atoms with Crippen LogP contribution >= 0.6 is 11.8 Å². The summed E-state index contributed by atoms with van der Waals surface area (Å²) in [5.74, 6) is 0.174. The first-order chi connectivity index (χ1) is 6.26. The van der Waals surface area contributed by atoms with Gasteiger partial charge in [0.15, 0.2) is 0 Å². The summed E-state index contributed by atoms with van der Waals surface area (Å²) < 4.78 is 0.267.